The lowest BCUT2D eigenvalue weighted by atomic mass is 9.85. The first kappa shape index (κ1) is 19.4. The first-order chi connectivity index (χ1) is 12.6. The molecule has 1 saturated carbocycles. The Bertz CT molecular complexity index is 719. The number of hydrogen-bond acceptors (Lipinski definition) is 6. The van der Waals surface area contributed by atoms with Crippen LogP contribution in [-0.2, 0) is 0 Å². The van der Waals surface area contributed by atoms with Gasteiger partial charge in [0.15, 0.2) is 5.65 Å². The molecular weight excluding hydrogens is 396 g/mol. The van der Waals surface area contributed by atoms with Crippen molar-refractivity contribution in [1.82, 2.24) is 19.5 Å². The number of fused-ring (bicyclic) bond motifs is 1. The lowest BCUT2D eigenvalue weighted by Gasteiger charge is -2.31. The van der Waals surface area contributed by atoms with E-state index in [4.69, 9.17) is 4.98 Å². The number of aliphatic hydroxyl groups is 1. The second-order valence-corrected chi connectivity index (χ2v) is 8.17. The number of nitrogens with zero attached hydrogens (tertiary/aromatic N) is 4. The highest BCUT2D eigenvalue weighted by atomic mass is 79.9. The van der Waals surface area contributed by atoms with Crippen LogP contribution in [0.15, 0.2) is 16.7 Å². The molecule has 2 aromatic heterocycles. The van der Waals surface area contributed by atoms with Gasteiger partial charge in [-0.25, -0.2) is 4.98 Å². The van der Waals surface area contributed by atoms with Crippen LogP contribution in [0.25, 0.3) is 5.65 Å². The summed E-state index contributed by atoms with van der Waals surface area (Å²) in [5.74, 6) is 2.06. The first-order valence-electron chi connectivity index (χ1n) is 9.38. The maximum atomic E-state index is 9.67. The van der Waals surface area contributed by atoms with Crippen molar-refractivity contribution < 1.29 is 5.11 Å². The third-order valence-electron chi connectivity index (χ3n) is 4.99. The number of aromatic nitrogens is 3. The SMILES string of the molecule is CN(C)CCCNc1cc(N[C@H]2CCCC[C@H]2CO)nc2c(Br)cnn12. The molecule has 144 valence electrons. The van der Waals surface area contributed by atoms with Gasteiger partial charge in [-0.2, -0.15) is 9.61 Å². The van der Waals surface area contributed by atoms with Crippen LogP contribution in [0, 0.1) is 5.92 Å². The quantitative estimate of drug-likeness (QED) is 0.565. The van der Waals surface area contributed by atoms with Crippen molar-refractivity contribution in [2.24, 2.45) is 5.92 Å². The zero-order valence-electron chi connectivity index (χ0n) is 15.6. The van der Waals surface area contributed by atoms with Gasteiger partial charge in [0.2, 0.25) is 0 Å². The molecule has 1 aliphatic carbocycles. The molecule has 0 spiro atoms. The Labute approximate surface area is 163 Å². The van der Waals surface area contributed by atoms with Gasteiger partial charge in [0.05, 0.1) is 10.7 Å². The van der Waals surface area contributed by atoms with Crippen LogP contribution in [-0.4, -0.2) is 64.4 Å². The molecule has 3 N–H and O–H groups in total. The summed E-state index contributed by atoms with van der Waals surface area (Å²) in [7, 11) is 4.16. The van der Waals surface area contributed by atoms with Crippen molar-refractivity contribution in [3.8, 4) is 0 Å². The number of anilines is 2. The van der Waals surface area contributed by atoms with Gasteiger partial charge >= 0.3 is 0 Å². The van der Waals surface area contributed by atoms with E-state index in [2.05, 4.69) is 50.7 Å². The van der Waals surface area contributed by atoms with Crippen molar-refractivity contribution in [3.05, 3.63) is 16.7 Å². The predicted octanol–water partition coefficient (Wildman–Crippen LogP) is 2.82. The molecule has 26 heavy (non-hydrogen) atoms. The van der Waals surface area contributed by atoms with Gasteiger partial charge in [0.25, 0.3) is 0 Å². The zero-order chi connectivity index (χ0) is 18.5. The molecule has 0 bridgehead atoms. The average Bonchev–Trinajstić information content (AvgIpc) is 3.00. The van der Waals surface area contributed by atoms with E-state index in [-0.39, 0.29) is 12.6 Å². The summed E-state index contributed by atoms with van der Waals surface area (Å²) >= 11 is 3.54. The fourth-order valence-corrected chi connectivity index (χ4v) is 3.90. The summed E-state index contributed by atoms with van der Waals surface area (Å²) in [6, 6.07) is 2.29. The van der Waals surface area contributed by atoms with Crippen LogP contribution >= 0.6 is 15.9 Å². The molecule has 0 amide bonds. The van der Waals surface area contributed by atoms with Crippen LogP contribution in [0.2, 0.25) is 0 Å². The lowest BCUT2D eigenvalue weighted by molar-refractivity contribution is 0.178. The maximum absolute atomic E-state index is 9.67. The minimum Gasteiger partial charge on any atom is -0.396 e. The number of aliphatic hydroxyl groups excluding tert-OH is 1. The standard InChI is InChI=1S/C18H29BrN6O/c1-24(2)9-5-8-20-17-10-16(23-18-14(19)11-21-25(17)18)22-15-7-4-3-6-13(15)12-26/h10-11,13,15,20,26H,3-9,12H2,1-2H3,(H,22,23)/t13-,15-/m0/s1. The molecule has 0 radical (unpaired) electrons. The van der Waals surface area contributed by atoms with Crippen LogP contribution in [0.4, 0.5) is 11.6 Å². The second-order valence-electron chi connectivity index (χ2n) is 7.32. The Balaban J connectivity index is 1.78. The largest absolute Gasteiger partial charge is 0.396 e. The summed E-state index contributed by atoms with van der Waals surface area (Å²) in [4.78, 5) is 6.91. The van der Waals surface area contributed by atoms with Crippen molar-refractivity contribution in [1.29, 1.82) is 0 Å². The third-order valence-corrected chi connectivity index (χ3v) is 5.55. The number of hydrogen-bond donors (Lipinski definition) is 3. The zero-order valence-corrected chi connectivity index (χ0v) is 17.2. The Kier molecular flexibility index (Phi) is 6.72. The van der Waals surface area contributed by atoms with Gasteiger partial charge in [-0.3, -0.25) is 0 Å². The Hall–Kier alpha value is -1.38. The maximum Gasteiger partial charge on any atom is 0.173 e. The molecule has 2 heterocycles. The normalized spacial score (nSPS) is 20.7. The molecule has 8 heteroatoms. The Morgan fingerprint density at radius 2 is 2.15 bits per heavy atom. The van der Waals surface area contributed by atoms with Crippen molar-refractivity contribution in [2.75, 3.05) is 44.4 Å². The van der Waals surface area contributed by atoms with Gasteiger partial charge in [-0.05, 0) is 55.8 Å². The second kappa shape index (κ2) is 9.01. The van der Waals surface area contributed by atoms with Crippen molar-refractivity contribution >= 4 is 33.2 Å². The average molecular weight is 425 g/mol. The fraction of sp³-hybridized carbons (Fsp3) is 0.667. The number of rotatable bonds is 8. The molecule has 2 aromatic rings. The number of nitrogens with one attached hydrogen (secondary N) is 2. The Morgan fingerprint density at radius 1 is 1.35 bits per heavy atom. The van der Waals surface area contributed by atoms with E-state index in [1.807, 2.05) is 10.6 Å². The number of halogens is 1. The highest BCUT2D eigenvalue weighted by Crippen LogP contribution is 2.28. The molecule has 0 aliphatic heterocycles. The highest BCUT2D eigenvalue weighted by molar-refractivity contribution is 9.10. The van der Waals surface area contributed by atoms with E-state index in [9.17, 15) is 5.11 Å². The molecule has 1 aliphatic rings. The molecule has 1 fully saturated rings. The first-order valence-corrected chi connectivity index (χ1v) is 10.2. The van der Waals surface area contributed by atoms with Crippen LogP contribution in [0.1, 0.15) is 32.1 Å². The van der Waals surface area contributed by atoms with E-state index in [0.717, 1.165) is 54.1 Å². The monoisotopic (exact) mass is 424 g/mol. The molecule has 3 rings (SSSR count). The smallest absolute Gasteiger partial charge is 0.173 e. The summed E-state index contributed by atoms with van der Waals surface area (Å²) < 4.78 is 2.70. The summed E-state index contributed by atoms with van der Waals surface area (Å²) in [6.45, 7) is 2.14. The van der Waals surface area contributed by atoms with Gasteiger partial charge < -0.3 is 20.6 Å². The summed E-state index contributed by atoms with van der Waals surface area (Å²) in [6.07, 6.45) is 7.36. The third kappa shape index (κ3) is 4.66. The molecule has 0 unspecified atom stereocenters. The minimum absolute atomic E-state index is 0.228. The van der Waals surface area contributed by atoms with Gasteiger partial charge in [-0.1, -0.05) is 12.8 Å². The molecular formula is C18H29BrN6O. The van der Waals surface area contributed by atoms with Crippen molar-refractivity contribution in [3.63, 3.8) is 0 Å². The van der Waals surface area contributed by atoms with E-state index >= 15 is 0 Å². The van der Waals surface area contributed by atoms with Gasteiger partial charge in [0.1, 0.15) is 11.6 Å². The van der Waals surface area contributed by atoms with E-state index in [1.54, 1.807) is 6.20 Å². The van der Waals surface area contributed by atoms with Crippen molar-refractivity contribution in [2.45, 2.75) is 38.1 Å². The van der Waals surface area contributed by atoms with E-state index < -0.39 is 0 Å². The lowest BCUT2D eigenvalue weighted by Crippen LogP contribution is -2.34. The molecule has 0 aromatic carbocycles. The topological polar surface area (TPSA) is 77.7 Å². The fourth-order valence-electron chi connectivity index (χ4n) is 3.55. The highest BCUT2D eigenvalue weighted by Gasteiger charge is 2.25. The summed E-state index contributed by atoms with van der Waals surface area (Å²) in [5, 5.41) is 21.1. The summed E-state index contributed by atoms with van der Waals surface area (Å²) in [5.41, 5.74) is 0.793. The Morgan fingerprint density at radius 3 is 2.92 bits per heavy atom. The minimum atomic E-state index is 0.228. The predicted molar refractivity (Wildman–Crippen MR) is 109 cm³/mol. The van der Waals surface area contributed by atoms with Crippen LogP contribution in [0.5, 0.6) is 0 Å². The van der Waals surface area contributed by atoms with Gasteiger partial charge in [-0.15, -0.1) is 0 Å². The van der Waals surface area contributed by atoms with Crippen LogP contribution in [0.3, 0.4) is 0 Å². The van der Waals surface area contributed by atoms with Gasteiger partial charge in [0, 0.05) is 31.2 Å². The van der Waals surface area contributed by atoms with Crippen LogP contribution < -0.4 is 10.6 Å². The molecule has 2 atom stereocenters. The molecule has 7 nitrogen and oxygen atoms in total. The van der Waals surface area contributed by atoms with E-state index in [1.165, 1.54) is 12.8 Å². The van der Waals surface area contributed by atoms with E-state index in [0.29, 0.717) is 5.92 Å². The molecule has 0 saturated heterocycles.